The van der Waals surface area contributed by atoms with Gasteiger partial charge in [0.1, 0.15) is 10.8 Å². The van der Waals surface area contributed by atoms with E-state index in [0.29, 0.717) is 33.1 Å². The smallest absolute Gasteiger partial charge is 0.158 e. The summed E-state index contributed by atoms with van der Waals surface area (Å²) in [5.41, 5.74) is 12.9. The molecular weight excluding hydrogens is 382 g/mol. The van der Waals surface area contributed by atoms with Crippen LogP contribution in [0.4, 0.5) is 17.3 Å². The quantitative estimate of drug-likeness (QED) is 0.749. The van der Waals surface area contributed by atoms with Gasteiger partial charge in [-0.3, -0.25) is 0 Å². The zero-order valence-electron chi connectivity index (χ0n) is 15.3. The summed E-state index contributed by atoms with van der Waals surface area (Å²) in [4.78, 5) is 12.2. The molecule has 0 bridgehead atoms. The molecule has 8 heteroatoms. The van der Waals surface area contributed by atoms with Gasteiger partial charge in [-0.1, -0.05) is 29.4 Å². The molecule has 2 aliphatic heterocycles. The molecule has 2 aromatic rings. The number of halogens is 1. The van der Waals surface area contributed by atoms with E-state index >= 15 is 0 Å². The van der Waals surface area contributed by atoms with Crippen LogP contribution in [0.3, 0.4) is 0 Å². The van der Waals surface area contributed by atoms with Gasteiger partial charge in [0.05, 0.1) is 29.6 Å². The van der Waals surface area contributed by atoms with Crippen LogP contribution in [0.1, 0.15) is 26.2 Å². The minimum absolute atomic E-state index is 0.342. The Kier molecular flexibility index (Phi) is 5.09. The van der Waals surface area contributed by atoms with Crippen molar-refractivity contribution in [3.8, 4) is 0 Å². The Morgan fingerprint density at radius 3 is 2.74 bits per heavy atom. The summed E-state index contributed by atoms with van der Waals surface area (Å²) in [7, 11) is 0. The topological polar surface area (TPSA) is 90.3 Å². The average molecular weight is 406 g/mol. The van der Waals surface area contributed by atoms with Gasteiger partial charge in [0.2, 0.25) is 0 Å². The molecule has 1 aromatic carbocycles. The first-order chi connectivity index (χ1) is 13.0. The molecule has 1 atom stereocenters. The Bertz CT molecular complexity index is 841. The largest absolute Gasteiger partial charge is 0.397 e. The van der Waals surface area contributed by atoms with E-state index in [-0.39, 0.29) is 0 Å². The van der Waals surface area contributed by atoms with Crippen LogP contribution in [0.15, 0.2) is 34.3 Å². The van der Waals surface area contributed by atoms with Crippen molar-refractivity contribution in [2.24, 2.45) is 5.41 Å². The van der Waals surface area contributed by atoms with Gasteiger partial charge >= 0.3 is 0 Å². The Morgan fingerprint density at radius 2 is 2.07 bits per heavy atom. The van der Waals surface area contributed by atoms with Crippen LogP contribution in [-0.2, 0) is 4.74 Å². The van der Waals surface area contributed by atoms with Crippen LogP contribution in [0.25, 0.3) is 0 Å². The van der Waals surface area contributed by atoms with Crippen molar-refractivity contribution in [2.75, 3.05) is 36.1 Å². The molecule has 27 heavy (non-hydrogen) atoms. The van der Waals surface area contributed by atoms with Crippen LogP contribution in [0.2, 0.25) is 5.02 Å². The Labute approximate surface area is 168 Å². The van der Waals surface area contributed by atoms with Crippen LogP contribution < -0.4 is 16.4 Å². The van der Waals surface area contributed by atoms with E-state index in [0.717, 1.165) is 49.7 Å². The molecule has 144 valence electrons. The summed E-state index contributed by atoms with van der Waals surface area (Å²) in [6, 6.07) is 5.52. The maximum Gasteiger partial charge on any atom is 0.158 e. The SMILES string of the molecule is C[C@@H]1CC2(CCN(c3cnc(Sc4cccc(N)c4Cl)c(N)n3)CC2)CO1. The standard InChI is InChI=1S/C19H24ClN5OS/c1-12-9-19(11-26-12)5-7-25(8-6-19)15-10-23-18(17(22)24-15)27-14-4-2-3-13(21)16(14)20/h2-4,10,12H,5-9,11,21H2,1H3,(H2,22,24)/t12-/m1/s1. The highest BCUT2D eigenvalue weighted by Gasteiger charge is 2.41. The molecule has 0 unspecified atom stereocenters. The summed E-state index contributed by atoms with van der Waals surface area (Å²) in [5.74, 6) is 1.24. The van der Waals surface area contributed by atoms with Gasteiger partial charge in [-0.2, -0.15) is 0 Å². The zero-order valence-corrected chi connectivity index (χ0v) is 16.9. The molecule has 4 rings (SSSR count). The maximum atomic E-state index is 6.26. The molecule has 0 saturated carbocycles. The normalized spacial score (nSPS) is 21.7. The molecule has 3 heterocycles. The molecule has 2 aliphatic rings. The number of hydrogen-bond acceptors (Lipinski definition) is 7. The lowest BCUT2D eigenvalue weighted by Crippen LogP contribution is -2.41. The molecule has 0 amide bonds. The summed E-state index contributed by atoms with van der Waals surface area (Å²) in [5, 5.41) is 1.15. The number of nitrogen functional groups attached to an aromatic ring is 2. The molecule has 1 spiro atoms. The number of ether oxygens (including phenoxy) is 1. The molecule has 2 fully saturated rings. The predicted molar refractivity (Wildman–Crippen MR) is 110 cm³/mol. The summed E-state index contributed by atoms with van der Waals surface area (Å²) < 4.78 is 5.81. The lowest BCUT2D eigenvalue weighted by atomic mass is 9.77. The monoisotopic (exact) mass is 405 g/mol. The molecule has 1 aromatic heterocycles. The van der Waals surface area contributed by atoms with Crippen LogP contribution in [0.5, 0.6) is 0 Å². The van der Waals surface area contributed by atoms with Crippen molar-refractivity contribution in [3.05, 3.63) is 29.4 Å². The minimum Gasteiger partial charge on any atom is -0.397 e. The van der Waals surface area contributed by atoms with Crippen molar-refractivity contribution in [1.82, 2.24) is 9.97 Å². The second kappa shape index (κ2) is 7.37. The maximum absolute atomic E-state index is 6.26. The summed E-state index contributed by atoms with van der Waals surface area (Å²) >= 11 is 7.64. The number of aromatic nitrogens is 2. The van der Waals surface area contributed by atoms with Crippen LogP contribution >= 0.6 is 23.4 Å². The van der Waals surface area contributed by atoms with E-state index in [1.165, 1.54) is 11.8 Å². The first-order valence-electron chi connectivity index (χ1n) is 9.17. The molecule has 2 saturated heterocycles. The van der Waals surface area contributed by atoms with E-state index in [2.05, 4.69) is 21.8 Å². The average Bonchev–Trinajstić information content (AvgIpc) is 3.01. The lowest BCUT2D eigenvalue weighted by Gasteiger charge is -2.38. The number of hydrogen-bond donors (Lipinski definition) is 2. The Balaban J connectivity index is 1.45. The third-order valence-electron chi connectivity index (χ3n) is 5.49. The second-order valence-corrected chi connectivity index (χ2v) is 8.90. The zero-order chi connectivity index (χ0) is 19.0. The van der Waals surface area contributed by atoms with Crippen molar-refractivity contribution in [2.45, 2.75) is 42.2 Å². The Hall–Kier alpha value is -1.70. The van der Waals surface area contributed by atoms with E-state index in [1.54, 1.807) is 12.3 Å². The van der Waals surface area contributed by atoms with E-state index < -0.39 is 0 Å². The molecule has 0 aliphatic carbocycles. The van der Waals surface area contributed by atoms with Crippen molar-refractivity contribution in [3.63, 3.8) is 0 Å². The number of nitrogens with zero attached hydrogens (tertiary/aromatic N) is 3. The number of anilines is 3. The van der Waals surface area contributed by atoms with Crippen molar-refractivity contribution < 1.29 is 4.74 Å². The Morgan fingerprint density at radius 1 is 1.30 bits per heavy atom. The molecule has 0 radical (unpaired) electrons. The molecule has 4 N–H and O–H groups in total. The van der Waals surface area contributed by atoms with Gasteiger partial charge in [0, 0.05) is 18.0 Å². The van der Waals surface area contributed by atoms with Gasteiger partial charge in [0.15, 0.2) is 5.82 Å². The summed E-state index contributed by atoms with van der Waals surface area (Å²) in [6.45, 7) is 4.96. The fraction of sp³-hybridized carbons (Fsp3) is 0.474. The third kappa shape index (κ3) is 3.81. The van der Waals surface area contributed by atoms with Gasteiger partial charge in [-0.15, -0.1) is 0 Å². The van der Waals surface area contributed by atoms with E-state index in [9.17, 15) is 0 Å². The van der Waals surface area contributed by atoms with Gasteiger partial charge in [0.25, 0.3) is 0 Å². The number of benzene rings is 1. The number of rotatable bonds is 3. The predicted octanol–water partition coefficient (Wildman–Crippen LogP) is 3.84. The lowest BCUT2D eigenvalue weighted by molar-refractivity contribution is 0.0976. The fourth-order valence-corrected chi connectivity index (χ4v) is 4.99. The minimum atomic E-state index is 0.342. The fourth-order valence-electron chi connectivity index (χ4n) is 3.93. The molecule has 6 nitrogen and oxygen atoms in total. The van der Waals surface area contributed by atoms with E-state index in [1.807, 2.05) is 12.1 Å². The first kappa shape index (κ1) is 18.7. The second-order valence-electron chi connectivity index (χ2n) is 7.49. The third-order valence-corrected chi connectivity index (χ3v) is 7.10. The van der Waals surface area contributed by atoms with E-state index in [4.69, 9.17) is 27.8 Å². The number of nitrogens with two attached hydrogens (primary N) is 2. The highest BCUT2D eigenvalue weighted by molar-refractivity contribution is 7.99. The van der Waals surface area contributed by atoms with Crippen molar-refractivity contribution in [1.29, 1.82) is 0 Å². The highest BCUT2D eigenvalue weighted by Crippen LogP contribution is 2.43. The van der Waals surface area contributed by atoms with Gasteiger partial charge in [-0.25, -0.2) is 9.97 Å². The van der Waals surface area contributed by atoms with Crippen LogP contribution in [-0.4, -0.2) is 35.8 Å². The van der Waals surface area contributed by atoms with Crippen LogP contribution in [0, 0.1) is 5.41 Å². The van der Waals surface area contributed by atoms with Gasteiger partial charge < -0.3 is 21.1 Å². The highest BCUT2D eigenvalue weighted by atomic mass is 35.5. The summed E-state index contributed by atoms with van der Waals surface area (Å²) in [6.07, 6.45) is 5.57. The molecular formula is C19H24ClN5OS. The number of piperidine rings is 1. The first-order valence-corrected chi connectivity index (χ1v) is 10.4. The van der Waals surface area contributed by atoms with Gasteiger partial charge in [-0.05, 0) is 43.7 Å². The van der Waals surface area contributed by atoms with Crippen molar-refractivity contribution >= 4 is 40.7 Å².